The Hall–Kier alpha value is -0.448. The van der Waals surface area contributed by atoms with Gasteiger partial charge in [0, 0.05) is 18.3 Å². The normalized spacial score (nSPS) is 9.41. The van der Waals surface area contributed by atoms with Crippen LogP contribution in [0.3, 0.4) is 0 Å². The second-order valence-corrected chi connectivity index (χ2v) is 17.4. The molecule has 0 bridgehead atoms. The van der Waals surface area contributed by atoms with Crippen LogP contribution in [0.2, 0.25) is 10.0 Å². The highest BCUT2D eigenvalue weighted by Crippen LogP contribution is 2.23. The van der Waals surface area contributed by atoms with Crippen LogP contribution in [0.5, 0.6) is 11.5 Å². The molecule has 0 radical (unpaired) electrons. The van der Waals surface area contributed by atoms with Crippen molar-refractivity contribution in [1.29, 1.82) is 0 Å². The van der Waals surface area contributed by atoms with Crippen molar-refractivity contribution in [2.45, 2.75) is 0 Å². The summed E-state index contributed by atoms with van der Waals surface area (Å²) in [5, 5.41) is 0.343. The molecule has 0 saturated heterocycles. The molecule has 0 amide bonds. The summed E-state index contributed by atoms with van der Waals surface area (Å²) in [5.74, 6) is 1.55. The maximum atomic E-state index is 12.3. The lowest BCUT2D eigenvalue weighted by Crippen LogP contribution is -2.02. The fraction of sp³-hybridized carbons (Fsp3) is 0.0714. The van der Waals surface area contributed by atoms with Gasteiger partial charge in [-0.3, -0.25) is 9.59 Å². The Labute approximate surface area is 298 Å². The molecule has 13 heteroatoms. The summed E-state index contributed by atoms with van der Waals surface area (Å²) >= 11 is 19.5. The zero-order valence-electron chi connectivity index (χ0n) is 21.4. The molecule has 4 nitrogen and oxygen atoms in total. The fourth-order valence-electron chi connectivity index (χ4n) is 2.77. The number of benzene rings is 4. The largest absolute Gasteiger partial charge is 0.643 e. The minimum absolute atomic E-state index is 0.0823. The number of ketones is 1. The van der Waals surface area contributed by atoms with Gasteiger partial charge in [-0.25, -0.2) is 30.1 Å². The first kappa shape index (κ1) is 38.6. The van der Waals surface area contributed by atoms with Gasteiger partial charge in [0.05, 0.1) is 29.8 Å². The first-order chi connectivity index (χ1) is 19.4. The number of para-hydroxylation sites is 1. The first-order valence-corrected chi connectivity index (χ1v) is 19.7. The molecule has 4 aromatic rings. The minimum atomic E-state index is -1.72. The lowest BCUT2D eigenvalue weighted by atomic mass is 10.0. The smallest absolute Gasteiger partial charge is 0.497 e. The molecule has 0 saturated carbocycles. The maximum absolute atomic E-state index is 12.3. The summed E-state index contributed by atoms with van der Waals surface area (Å²) in [6.45, 7) is 0. The van der Waals surface area contributed by atoms with E-state index in [1.54, 1.807) is 62.8 Å². The zero-order valence-corrected chi connectivity index (χ0v) is 31.4. The van der Waals surface area contributed by atoms with E-state index >= 15 is 0 Å². The molecule has 0 aromatic heterocycles. The Morgan fingerprint density at radius 3 is 1.46 bits per heavy atom. The third kappa shape index (κ3) is 15.7. The lowest BCUT2D eigenvalue weighted by Gasteiger charge is -2.05. The van der Waals surface area contributed by atoms with Gasteiger partial charge in [-0.2, -0.15) is 0 Å². The standard InChI is InChI=1S/C14H10ClIO2.C7H3Cl2IO.C7H8O.Al.3ClH/c1-18-11-5-2-9(3-6-11)14(17)12-8-10(16)4-7-13(12)15;8-6-2-1-4(10)3-5(6)7(9)11;1-8-7-5-3-2-4-6-7;;;;/h2-8H,1H3;1-3H;2-6H,1H3;;3*1H/q;;;+3;;;/p-3. The number of hydrogen-bond acceptors (Lipinski definition) is 4. The molecular weight excluding hydrogens is 894 g/mol. The van der Waals surface area contributed by atoms with Gasteiger partial charge in [-0.1, -0.05) is 41.4 Å². The minimum Gasteiger partial charge on any atom is -0.497 e. The first-order valence-electron chi connectivity index (χ1n) is 11.2. The van der Waals surface area contributed by atoms with Gasteiger partial charge < -0.3 is 9.47 Å². The Bertz CT molecular complexity index is 1390. The quantitative estimate of drug-likeness (QED) is 0.0866. The third-order valence-electron chi connectivity index (χ3n) is 4.64. The highest BCUT2D eigenvalue weighted by atomic mass is 127. The molecule has 216 valence electrons. The van der Waals surface area contributed by atoms with Crippen molar-refractivity contribution >= 4 is 133 Å². The maximum Gasteiger partial charge on any atom is 0.643 e. The van der Waals surface area contributed by atoms with Gasteiger partial charge >= 0.3 is 11.4 Å². The van der Waals surface area contributed by atoms with Crippen LogP contribution in [0.15, 0.2) is 91.0 Å². The van der Waals surface area contributed by atoms with E-state index in [0.29, 0.717) is 26.7 Å². The van der Waals surface area contributed by atoms with Crippen LogP contribution >= 0.6 is 110 Å². The number of rotatable bonds is 5. The Balaban J connectivity index is 0.000000311. The summed E-state index contributed by atoms with van der Waals surface area (Å²) < 4.78 is 11.9. The molecule has 41 heavy (non-hydrogen) atoms. The van der Waals surface area contributed by atoms with Crippen LogP contribution < -0.4 is 9.47 Å². The monoisotopic (exact) mass is 912 g/mol. The van der Waals surface area contributed by atoms with Gasteiger partial charge in [0.2, 0.25) is 0 Å². The van der Waals surface area contributed by atoms with Crippen molar-refractivity contribution in [3.63, 3.8) is 0 Å². The van der Waals surface area contributed by atoms with Crippen LogP contribution in [0, 0.1) is 7.14 Å². The molecule has 4 aromatic carbocycles. The van der Waals surface area contributed by atoms with Gasteiger partial charge in [-0.15, -0.1) is 0 Å². The highest BCUT2D eigenvalue weighted by Gasteiger charge is 2.13. The molecule has 4 rings (SSSR count). The molecule has 0 spiro atoms. The number of ether oxygens (including phenoxy) is 2. The number of carbonyl (C=O) groups excluding carboxylic acids is 2. The lowest BCUT2D eigenvalue weighted by molar-refractivity contribution is 0.103. The van der Waals surface area contributed by atoms with Gasteiger partial charge in [0.25, 0.3) is 5.24 Å². The van der Waals surface area contributed by atoms with Gasteiger partial charge in [0.15, 0.2) is 5.78 Å². The molecule has 0 aliphatic rings. The van der Waals surface area contributed by atoms with E-state index in [1.807, 2.05) is 42.5 Å². The van der Waals surface area contributed by atoms with Crippen LogP contribution in [0.25, 0.3) is 0 Å². The van der Waals surface area contributed by atoms with Crippen molar-refractivity contribution in [3.8, 4) is 11.5 Å². The van der Waals surface area contributed by atoms with Gasteiger partial charge in [0.1, 0.15) is 11.5 Å². The number of halogens is 8. The van der Waals surface area contributed by atoms with Crippen molar-refractivity contribution in [3.05, 3.63) is 125 Å². The average Bonchev–Trinajstić information content (AvgIpc) is 2.96. The van der Waals surface area contributed by atoms with Crippen molar-refractivity contribution in [2.75, 3.05) is 14.2 Å². The van der Waals surface area contributed by atoms with E-state index in [1.165, 1.54) is 0 Å². The summed E-state index contributed by atoms with van der Waals surface area (Å²) in [5.41, 5.74) is 1.48. The zero-order chi connectivity index (χ0) is 30.9. The van der Waals surface area contributed by atoms with E-state index in [-0.39, 0.29) is 5.78 Å². The average molecular weight is 915 g/mol. The van der Waals surface area contributed by atoms with E-state index in [4.69, 9.17) is 74.4 Å². The van der Waals surface area contributed by atoms with Crippen LogP contribution in [0.4, 0.5) is 0 Å². The topological polar surface area (TPSA) is 52.6 Å². The predicted octanol–water partition coefficient (Wildman–Crippen LogP) is 10.9. The number of hydrogen-bond donors (Lipinski definition) is 0. The summed E-state index contributed by atoms with van der Waals surface area (Å²) in [6.07, 6.45) is 0. The highest BCUT2D eigenvalue weighted by molar-refractivity contribution is 14.1. The molecular formula is C28H21AlCl6I2O4. The Morgan fingerprint density at radius 2 is 1.07 bits per heavy atom. The van der Waals surface area contributed by atoms with Crippen molar-refractivity contribution in [2.24, 2.45) is 0 Å². The van der Waals surface area contributed by atoms with Crippen LogP contribution in [-0.2, 0) is 0 Å². The second kappa shape index (κ2) is 21.3. The SMILES string of the molecule is COc1ccc(C(=O)c2cc(I)ccc2Cl)cc1.COc1ccccc1.O=C(Cl)c1cc(I)ccc1Cl.[Cl][Al]([Cl])[Cl]. The van der Waals surface area contributed by atoms with Crippen molar-refractivity contribution in [1.82, 2.24) is 0 Å². The van der Waals surface area contributed by atoms with E-state index < -0.39 is 16.6 Å². The summed E-state index contributed by atoms with van der Waals surface area (Å²) in [6, 6.07) is 27.2. The molecule has 0 atom stereocenters. The fourth-order valence-corrected chi connectivity index (χ4v) is 4.37. The summed E-state index contributed by atoms with van der Waals surface area (Å²) in [4.78, 5) is 23.0. The van der Waals surface area contributed by atoms with Crippen LogP contribution in [-0.4, -0.2) is 36.6 Å². The Morgan fingerprint density at radius 1 is 0.659 bits per heavy atom. The second-order valence-electron chi connectivity index (χ2n) is 7.34. The molecule has 0 heterocycles. The van der Waals surface area contributed by atoms with Crippen LogP contribution in [0.1, 0.15) is 26.3 Å². The molecule has 0 fully saturated rings. The molecule has 0 unspecified atom stereocenters. The third-order valence-corrected chi connectivity index (χ3v) is 6.85. The predicted molar refractivity (Wildman–Crippen MR) is 191 cm³/mol. The molecule has 0 N–H and O–H groups in total. The number of methoxy groups -OCH3 is 2. The van der Waals surface area contributed by atoms with E-state index in [0.717, 1.165) is 18.6 Å². The molecule has 0 aliphatic carbocycles. The Kier molecular flexibility index (Phi) is 20.0. The van der Waals surface area contributed by atoms with E-state index in [9.17, 15) is 9.59 Å². The van der Waals surface area contributed by atoms with Gasteiger partial charge in [-0.05, 0) is 130 Å². The summed E-state index contributed by atoms with van der Waals surface area (Å²) in [7, 11) is 18.1. The van der Waals surface area contributed by atoms with E-state index in [2.05, 4.69) is 45.2 Å². The van der Waals surface area contributed by atoms with Crippen molar-refractivity contribution < 1.29 is 19.1 Å². The number of carbonyl (C=O) groups is 2. The molecule has 0 aliphatic heterocycles.